The highest BCUT2D eigenvalue weighted by Gasteiger charge is 2.11. The molecule has 0 aromatic heterocycles. The van der Waals surface area contributed by atoms with Crippen molar-refractivity contribution in [3.63, 3.8) is 0 Å². The Balaban J connectivity index is 2.67. The summed E-state index contributed by atoms with van der Waals surface area (Å²) < 4.78 is 36.0. The van der Waals surface area contributed by atoms with Crippen LogP contribution in [0.15, 0.2) is 29.4 Å². The van der Waals surface area contributed by atoms with E-state index in [2.05, 4.69) is 9.99 Å². The van der Waals surface area contributed by atoms with Gasteiger partial charge < -0.3 is 14.3 Å². The molecule has 0 bridgehead atoms. The van der Waals surface area contributed by atoms with Crippen molar-refractivity contribution in [2.75, 3.05) is 25.4 Å². The fourth-order valence-electron chi connectivity index (χ4n) is 1.89. The molecule has 0 radical (unpaired) electrons. The van der Waals surface area contributed by atoms with Crippen molar-refractivity contribution in [2.45, 2.75) is 20.8 Å². The number of aryl methyl sites for hydroxylation is 2. The van der Waals surface area contributed by atoms with Gasteiger partial charge in [-0.2, -0.15) is 4.39 Å². The Morgan fingerprint density at radius 2 is 1.96 bits per heavy atom. The van der Waals surface area contributed by atoms with E-state index in [1.807, 2.05) is 45.1 Å². The van der Waals surface area contributed by atoms with Gasteiger partial charge in [0.25, 0.3) is 0 Å². The normalized spacial score (nSPS) is 13.2. The smallest absolute Gasteiger partial charge is 0.239 e. The average Bonchev–Trinajstić information content (AvgIpc) is 2.46. The summed E-state index contributed by atoms with van der Waals surface area (Å²) in [5.74, 6) is 0.0881. The first-order valence-corrected chi connectivity index (χ1v) is 8.55. The Morgan fingerprint density at radius 1 is 1.30 bits per heavy atom. The van der Waals surface area contributed by atoms with E-state index >= 15 is 0 Å². The molecule has 5 nitrogen and oxygen atoms in total. The van der Waals surface area contributed by atoms with E-state index in [-0.39, 0.29) is 11.7 Å². The number of oxime groups is 1. The maximum absolute atomic E-state index is 13.1. The third kappa shape index (κ3) is 6.81. The van der Waals surface area contributed by atoms with Crippen molar-refractivity contribution >= 4 is 16.8 Å². The topological polar surface area (TPSA) is 57.1 Å². The number of hydrogen-bond acceptors (Lipinski definition) is 5. The predicted molar refractivity (Wildman–Crippen MR) is 90.3 cm³/mol. The largest absolute Gasteiger partial charge is 0.490 e. The van der Waals surface area contributed by atoms with Crippen LogP contribution in [0.1, 0.15) is 18.1 Å². The van der Waals surface area contributed by atoms with Crippen LogP contribution < -0.4 is 9.47 Å². The molecule has 0 spiro atoms. The summed E-state index contributed by atoms with van der Waals surface area (Å²) in [5.41, 5.74) is 1.73. The molecule has 0 aliphatic rings. The van der Waals surface area contributed by atoms with E-state index < -0.39 is 16.8 Å². The van der Waals surface area contributed by atoms with Crippen LogP contribution >= 0.6 is 0 Å². The highest BCUT2D eigenvalue weighted by Crippen LogP contribution is 2.28. The van der Waals surface area contributed by atoms with Crippen molar-refractivity contribution in [3.8, 4) is 11.5 Å². The van der Waals surface area contributed by atoms with Crippen LogP contribution in [0.3, 0.4) is 0 Å². The lowest BCUT2D eigenvalue weighted by atomic mass is 10.1. The molecular formula is C16H22FNO4S. The van der Waals surface area contributed by atoms with E-state index in [1.54, 1.807) is 0 Å². The quantitative estimate of drug-likeness (QED) is 0.392. The highest BCUT2D eigenvalue weighted by atomic mass is 32.2. The Morgan fingerprint density at radius 3 is 2.52 bits per heavy atom. The number of halogens is 1. The standard InChI is InChI=1S/C16H22FNO4S/c1-5-6-7-21-14-8-12(2)16(13(3)9-14)22-11-23(19)10-15(17)18-20-4/h5-6,8-9H,7,10-11H2,1-4H3/b6-5+,18-15-. The fraction of sp³-hybridized carbons (Fsp3) is 0.438. The Kier molecular flexibility index (Phi) is 8.32. The summed E-state index contributed by atoms with van der Waals surface area (Å²) in [4.78, 5) is 4.28. The molecule has 0 saturated carbocycles. The fourth-order valence-corrected chi connectivity index (χ4v) is 2.54. The second kappa shape index (κ2) is 9.99. The molecule has 1 unspecified atom stereocenters. The zero-order chi connectivity index (χ0) is 17.2. The van der Waals surface area contributed by atoms with Gasteiger partial charge in [-0.15, -0.1) is 0 Å². The third-order valence-electron chi connectivity index (χ3n) is 2.82. The van der Waals surface area contributed by atoms with Gasteiger partial charge in [0.15, 0.2) is 5.94 Å². The molecule has 0 N–H and O–H groups in total. The molecular weight excluding hydrogens is 321 g/mol. The molecule has 1 aromatic rings. The number of ether oxygens (including phenoxy) is 2. The average molecular weight is 343 g/mol. The Labute approximate surface area is 138 Å². The summed E-state index contributed by atoms with van der Waals surface area (Å²) in [6.45, 7) is 6.18. The molecule has 0 saturated heterocycles. The minimum atomic E-state index is -1.53. The molecule has 0 amide bonds. The third-order valence-corrected chi connectivity index (χ3v) is 3.76. The SMILES string of the molecule is C/C=C/COc1cc(C)c(OCS(=O)C/C(F)=N/OC)c(C)c1. The van der Waals surface area contributed by atoms with E-state index in [9.17, 15) is 8.60 Å². The molecule has 23 heavy (non-hydrogen) atoms. The summed E-state index contributed by atoms with van der Waals surface area (Å²) in [5, 5.41) is 3.08. The zero-order valence-electron chi connectivity index (χ0n) is 13.8. The molecule has 0 heterocycles. The number of benzene rings is 1. The van der Waals surface area contributed by atoms with Crippen LogP contribution in [0.5, 0.6) is 11.5 Å². The van der Waals surface area contributed by atoms with Gasteiger partial charge in [0.05, 0.1) is 10.8 Å². The minimum Gasteiger partial charge on any atom is -0.490 e. The van der Waals surface area contributed by atoms with Crippen LogP contribution in [-0.2, 0) is 15.6 Å². The van der Waals surface area contributed by atoms with Gasteiger partial charge in [-0.05, 0) is 44.0 Å². The van der Waals surface area contributed by atoms with E-state index in [0.29, 0.717) is 12.4 Å². The van der Waals surface area contributed by atoms with Gasteiger partial charge in [-0.1, -0.05) is 17.3 Å². The number of allylic oxidation sites excluding steroid dienone is 1. The van der Waals surface area contributed by atoms with Crippen LogP contribution in [0.2, 0.25) is 0 Å². The van der Waals surface area contributed by atoms with Crippen LogP contribution in [0.25, 0.3) is 0 Å². The predicted octanol–water partition coefficient (Wildman–Crippen LogP) is 3.27. The number of hydrogen-bond donors (Lipinski definition) is 0. The van der Waals surface area contributed by atoms with Crippen molar-refractivity contribution in [2.24, 2.45) is 5.16 Å². The molecule has 0 fully saturated rings. The Hall–Kier alpha value is -1.89. The van der Waals surface area contributed by atoms with Crippen molar-refractivity contribution in [3.05, 3.63) is 35.4 Å². The van der Waals surface area contributed by atoms with E-state index in [4.69, 9.17) is 9.47 Å². The molecule has 7 heteroatoms. The molecule has 1 aromatic carbocycles. The molecule has 128 valence electrons. The lowest BCUT2D eigenvalue weighted by molar-refractivity contribution is 0.209. The lowest BCUT2D eigenvalue weighted by Gasteiger charge is -2.14. The molecule has 1 atom stereocenters. The number of nitrogens with zero attached hydrogens (tertiary/aromatic N) is 1. The zero-order valence-corrected chi connectivity index (χ0v) is 14.6. The summed E-state index contributed by atoms with van der Waals surface area (Å²) >= 11 is 0. The monoisotopic (exact) mass is 343 g/mol. The lowest BCUT2D eigenvalue weighted by Crippen LogP contribution is -2.14. The van der Waals surface area contributed by atoms with Gasteiger partial charge in [0.1, 0.15) is 31.0 Å². The summed E-state index contributed by atoms with van der Waals surface area (Å²) in [6.07, 6.45) is 3.83. The molecule has 1 rings (SSSR count). The van der Waals surface area contributed by atoms with Gasteiger partial charge in [0.2, 0.25) is 5.97 Å². The first-order valence-electron chi connectivity index (χ1n) is 7.06. The molecule has 0 aliphatic heterocycles. The summed E-state index contributed by atoms with van der Waals surface area (Å²) in [7, 11) is -0.301. The van der Waals surface area contributed by atoms with Crippen molar-refractivity contribution in [1.29, 1.82) is 0 Å². The van der Waals surface area contributed by atoms with Gasteiger partial charge in [-0.3, -0.25) is 4.21 Å². The van der Waals surface area contributed by atoms with E-state index in [1.165, 1.54) is 7.11 Å². The Bertz CT molecular complexity index is 579. The van der Waals surface area contributed by atoms with Crippen molar-refractivity contribution < 1.29 is 22.9 Å². The molecule has 0 aliphatic carbocycles. The number of rotatable bonds is 9. The van der Waals surface area contributed by atoms with Crippen LogP contribution in [-0.4, -0.2) is 35.6 Å². The second-order valence-electron chi connectivity index (χ2n) is 4.76. The van der Waals surface area contributed by atoms with Gasteiger partial charge in [-0.25, -0.2) is 0 Å². The minimum absolute atomic E-state index is 0.118. The van der Waals surface area contributed by atoms with Crippen LogP contribution in [0, 0.1) is 13.8 Å². The second-order valence-corrected chi connectivity index (χ2v) is 6.17. The van der Waals surface area contributed by atoms with E-state index in [0.717, 1.165) is 16.9 Å². The maximum atomic E-state index is 13.1. The summed E-state index contributed by atoms with van der Waals surface area (Å²) in [6, 6.07) is 3.70. The highest BCUT2D eigenvalue weighted by molar-refractivity contribution is 7.85. The van der Waals surface area contributed by atoms with Crippen molar-refractivity contribution in [1.82, 2.24) is 0 Å². The first-order chi connectivity index (χ1) is 11.0. The van der Waals surface area contributed by atoms with Crippen LogP contribution in [0.4, 0.5) is 4.39 Å². The maximum Gasteiger partial charge on any atom is 0.239 e. The van der Waals surface area contributed by atoms with Gasteiger partial charge >= 0.3 is 0 Å². The first kappa shape index (κ1) is 19.2. The van der Waals surface area contributed by atoms with Gasteiger partial charge in [0, 0.05) is 0 Å².